The smallest absolute Gasteiger partial charge is 0.176 e. The van der Waals surface area contributed by atoms with Crippen LogP contribution in [0, 0.1) is 7.14 Å². The number of phenolic OH excluding ortho intramolecular Hbond substituents is 1. The number of phenols is 1. The third-order valence-corrected chi connectivity index (χ3v) is 6.24. The van der Waals surface area contributed by atoms with E-state index in [2.05, 4.69) is 27.5 Å². The van der Waals surface area contributed by atoms with Crippen LogP contribution in [0.3, 0.4) is 0 Å². The van der Waals surface area contributed by atoms with Crippen molar-refractivity contribution in [3.63, 3.8) is 0 Å². The number of Topliss-reactive ketones (excluding diaryl/α,β-unsaturated/α-hetero) is 1. The largest absolute Gasteiger partial charge is 0.506 e. The molecule has 1 aliphatic heterocycles. The lowest BCUT2D eigenvalue weighted by atomic mass is 10.1. The molecule has 1 aromatic carbocycles. The Hall–Kier alpha value is 0.390. The first-order chi connectivity index (χ1) is 9.99. The molecular formula is C14H15I2NO2S2. The molecule has 0 spiro atoms. The summed E-state index contributed by atoms with van der Waals surface area (Å²) in [5.41, 5.74) is 0.389. The summed E-state index contributed by atoms with van der Waals surface area (Å²) in [4.78, 5) is 14.5. The number of benzene rings is 1. The number of aromatic hydroxyl groups is 1. The van der Waals surface area contributed by atoms with Crippen molar-refractivity contribution < 1.29 is 9.90 Å². The molecule has 21 heavy (non-hydrogen) atoms. The maximum absolute atomic E-state index is 12.3. The number of carbonyl (C=O) groups is 1. The van der Waals surface area contributed by atoms with E-state index in [4.69, 9.17) is 12.2 Å². The third kappa shape index (κ3) is 4.93. The van der Waals surface area contributed by atoms with E-state index in [0.717, 1.165) is 21.0 Å². The molecule has 1 heterocycles. The summed E-state index contributed by atoms with van der Waals surface area (Å²) in [6, 6.07) is 3.57. The highest BCUT2D eigenvalue weighted by Crippen LogP contribution is 2.28. The number of piperidine rings is 1. The number of ketones is 1. The van der Waals surface area contributed by atoms with Gasteiger partial charge in [0.05, 0.1) is 14.9 Å². The highest BCUT2D eigenvalue weighted by atomic mass is 127. The number of rotatable bonds is 3. The zero-order valence-electron chi connectivity index (χ0n) is 11.3. The number of halogens is 2. The van der Waals surface area contributed by atoms with Crippen LogP contribution in [0.1, 0.15) is 29.6 Å². The number of thiocarbonyl (C=S) groups is 1. The molecule has 0 bridgehead atoms. The number of carbonyl (C=O) groups excluding carboxylic acids is 1. The predicted molar refractivity (Wildman–Crippen MR) is 108 cm³/mol. The van der Waals surface area contributed by atoms with Crippen LogP contribution in [-0.4, -0.2) is 39.0 Å². The van der Waals surface area contributed by atoms with Gasteiger partial charge in [-0.15, -0.1) is 0 Å². The Bertz CT molecular complexity index is 560. The summed E-state index contributed by atoms with van der Waals surface area (Å²) in [6.07, 6.45) is 3.60. The van der Waals surface area contributed by atoms with E-state index >= 15 is 0 Å². The van der Waals surface area contributed by atoms with E-state index in [1.165, 1.54) is 31.0 Å². The molecule has 0 radical (unpaired) electrons. The molecule has 1 saturated heterocycles. The van der Waals surface area contributed by atoms with Crippen molar-refractivity contribution in [2.45, 2.75) is 19.3 Å². The molecule has 1 aromatic rings. The fraction of sp³-hybridized carbons (Fsp3) is 0.429. The zero-order chi connectivity index (χ0) is 15.4. The van der Waals surface area contributed by atoms with E-state index < -0.39 is 0 Å². The SMILES string of the molecule is O=C(CSC(=S)N1CCCCC1)c1cc(I)cc(I)c1O. The van der Waals surface area contributed by atoms with Gasteiger partial charge in [-0.1, -0.05) is 24.0 Å². The van der Waals surface area contributed by atoms with Gasteiger partial charge in [-0.05, 0) is 76.6 Å². The van der Waals surface area contributed by atoms with Gasteiger partial charge in [-0.25, -0.2) is 0 Å². The number of hydrogen-bond donors (Lipinski definition) is 1. The molecule has 0 unspecified atom stereocenters. The molecule has 7 heteroatoms. The van der Waals surface area contributed by atoms with Gasteiger partial charge in [0.15, 0.2) is 5.78 Å². The van der Waals surface area contributed by atoms with Crippen molar-refractivity contribution in [2.24, 2.45) is 0 Å². The summed E-state index contributed by atoms with van der Waals surface area (Å²) in [5.74, 6) is 0.276. The Morgan fingerprint density at radius 1 is 1.29 bits per heavy atom. The first-order valence-electron chi connectivity index (χ1n) is 6.62. The third-order valence-electron chi connectivity index (χ3n) is 3.27. The monoisotopic (exact) mass is 547 g/mol. The van der Waals surface area contributed by atoms with Crippen LogP contribution in [0.25, 0.3) is 0 Å². The molecule has 1 fully saturated rings. The number of nitrogens with zero attached hydrogens (tertiary/aromatic N) is 1. The van der Waals surface area contributed by atoms with Crippen LogP contribution >= 0.6 is 69.2 Å². The molecule has 0 saturated carbocycles. The van der Waals surface area contributed by atoms with E-state index in [1.54, 1.807) is 6.07 Å². The summed E-state index contributed by atoms with van der Waals surface area (Å²) in [6.45, 7) is 1.98. The van der Waals surface area contributed by atoms with Crippen LogP contribution in [0.5, 0.6) is 5.75 Å². The van der Waals surface area contributed by atoms with Gasteiger partial charge in [-0.2, -0.15) is 0 Å². The van der Waals surface area contributed by atoms with Crippen molar-refractivity contribution in [1.29, 1.82) is 0 Å². The maximum Gasteiger partial charge on any atom is 0.176 e. The fourth-order valence-corrected chi connectivity index (χ4v) is 5.13. The Morgan fingerprint density at radius 3 is 2.62 bits per heavy atom. The lowest BCUT2D eigenvalue weighted by molar-refractivity contribution is 0.102. The molecule has 1 N–H and O–H groups in total. The van der Waals surface area contributed by atoms with Crippen LogP contribution in [0.15, 0.2) is 12.1 Å². The summed E-state index contributed by atoms with van der Waals surface area (Å²) in [5, 5.41) is 10.0. The van der Waals surface area contributed by atoms with Gasteiger partial charge in [-0.3, -0.25) is 4.79 Å². The Kier molecular flexibility index (Phi) is 7.01. The van der Waals surface area contributed by atoms with E-state index in [1.807, 2.05) is 28.7 Å². The molecule has 0 aliphatic carbocycles. The zero-order valence-corrected chi connectivity index (χ0v) is 17.2. The van der Waals surface area contributed by atoms with Gasteiger partial charge < -0.3 is 10.0 Å². The van der Waals surface area contributed by atoms with Crippen molar-refractivity contribution in [2.75, 3.05) is 18.8 Å². The van der Waals surface area contributed by atoms with Gasteiger partial charge in [0.2, 0.25) is 0 Å². The summed E-state index contributed by atoms with van der Waals surface area (Å²) < 4.78 is 2.44. The van der Waals surface area contributed by atoms with E-state index in [-0.39, 0.29) is 17.3 Å². The minimum atomic E-state index is -0.0757. The van der Waals surface area contributed by atoms with Gasteiger partial charge in [0.25, 0.3) is 0 Å². The van der Waals surface area contributed by atoms with Crippen molar-refractivity contribution in [3.8, 4) is 5.75 Å². The molecule has 114 valence electrons. The second-order valence-electron chi connectivity index (χ2n) is 4.81. The standard InChI is InChI=1S/C14H15I2NO2S2/c15-9-6-10(13(19)11(16)7-9)12(18)8-21-14(20)17-4-2-1-3-5-17/h6-7,19H,1-5,8H2. The normalized spacial score (nSPS) is 15.0. The van der Waals surface area contributed by atoms with E-state index in [9.17, 15) is 9.90 Å². The first-order valence-corrected chi connectivity index (χ1v) is 10.2. The van der Waals surface area contributed by atoms with Gasteiger partial charge in [0, 0.05) is 16.7 Å². The highest BCUT2D eigenvalue weighted by Gasteiger charge is 2.18. The van der Waals surface area contributed by atoms with Gasteiger partial charge >= 0.3 is 0 Å². The maximum atomic E-state index is 12.3. The molecule has 0 atom stereocenters. The average molecular weight is 547 g/mol. The minimum Gasteiger partial charge on any atom is -0.506 e. The van der Waals surface area contributed by atoms with Crippen LogP contribution in [0.4, 0.5) is 0 Å². The Balaban J connectivity index is 1.97. The van der Waals surface area contributed by atoms with Crippen molar-refractivity contribution in [1.82, 2.24) is 4.90 Å². The summed E-state index contributed by atoms with van der Waals surface area (Å²) >= 11 is 11.0. The molecule has 0 amide bonds. The van der Waals surface area contributed by atoms with E-state index in [0.29, 0.717) is 9.13 Å². The van der Waals surface area contributed by atoms with Crippen LogP contribution < -0.4 is 0 Å². The molecule has 2 rings (SSSR count). The van der Waals surface area contributed by atoms with Gasteiger partial charge in [0.1, 0.15) is 10.1 Å². The number of likely N-dealkylation sites (tertiary alicyclic amines) is 1. The highest BCUT2D eigenvalue weighted by molar-refractivity contribution is 14.1. The molecular weight excluding hydrogens is 532 g/mol. The number of thioether (sulfide) groups is 1. The second-order valence-corrected chi connectivity index (χ2v) is 8.83. The quantitative estimate of drug-likeness (QED) is 0.348. The predicted octanol–water partition coefficient (Wildman–Crippen LogP) is 4.29. The lowest BCUT2D eigenvalue weighted by Crippen LogP contribution is -2.33. The topological polar surface area (TPSA) is 40.5 Å². The fourth-order valence-electron chi connectivity index (χ4n) is 2.15. The average Bonchev–Trinajstić information content (AvgIpc) is 2.49. The molecule has 0 aromatic heterocycles. The first kappa shape index (κ1) is 17.7. The minimum absolute atomic E-state index is 0.0745. The van der Waals surface area contributed by atoms with Crippen LogP contribution in [0.2, 0.25) is 0 Å². The summed E-state index contributed by atoms with van der Waals surface area (Å²) in [7, 11) is 0. The van der Waals surface area contributed by atoms with Crippen molar-refractivity contribution in [3.05, 3.63) is 24.8 Å². The second kappa shape index (κ2) is 8.30. The Morgan fingerprint density at radius 2 is 1.95 bits per heavy atom. The molecule has 1 aliphatic rings. The van der Waals surface area contributed by atoms with Crippen LogP contribution in [-0.2, 0) is 0 Å². The van der Waals surface area contributed by atoms with Crippen molar-refractivity contribution >= 4 is 79.3 Å². The molecule has 3 nitrogen and oxygen atoms in total. The lowest BCUT2D eigenvalue weighted by Gasteiger charge is -2.28. The Labute approximate surface area is 161 Å². The number of hydrogen-bond acceptors (Lipinski definition) is 4.